The van der Waals surface area contributed by atoms with Crippen LogP contribution in [0.25, 0.3) is 11.1 Å². The van der Waals surface area contributed by atoms with Gasteiger partial charge in [-0.1, -0.05) is 36.8 Å². The van der Waals surface area contributed by atoms with Gasteiger partial charge in [-0.15, -0.1) is 0 Å². The van der Waals surface area contributed by atoms with Gasteiger partial charge in [-0.3, -0.25) is 14.7 Å². The van der Waals surface area contributed by atoms with E-state index in [9.17, 15) is 4.79 Å². The summed E-state index contributed by atoms with van der Waals surface area (Å²) in [6, 6.07) is 13.0. The lowest BCUT2D eigenvalue weighted by Gasteiger charge is -2.28. The number of carbonyl (C=O) groups is 1. The van der Waals surface area contributed by atoms with Gasteiger partial charge in [0.15, 0.2) is 0 Å². The number of hydrogen-bond donors (Lipinski definition) is 1. The molecule has 2 unspecified atom stereocenters. The summed E-state index contributed by atoms with van der Waals surface area (Å²) in [5.41, 5.74) is 3.40. The van der Waals surface area contributed by atoms with Crippen molar-refractivity contribution in [2.75, 3.05) is 13.1 Å². The Bertz CT molecular complexity index is 700. The van der Waals surface area contributed by atoms with Crippen molar-refractivity contribution in [3.8, 4) is 11.1 Å². The van der Waals surface area contributed by atoms with E-state index in [1.165, 1.54) is 25.8 Å². The molecule has 2 aliphatic rings. The van der Waals surface area contributed by atoms with Crippen LogP contribution in [0.1, 0.15) is 31.2 Å². The normalized spacial score (nSPS) is 23.2. The fraction of sp³-hybridized carbons (Fsp3) is 0.429. The Labute approximate surface area is 149 Å². The summed E-state index contributed by atoms with van der Waals surface area (Å²) in [6.07, 6.45) is 8.55. The SMILES string of the molecule is O=C(NCc1ccc(-c2cccnc2)cc1)C1CC2CCCCN2C1. The second-order valence-corrected chi connectivity index (χ2v) is 7.23. The van der Waals surface area contributed by atoms with Crippen molar-refractivity contribution in [1.82, 2.24) is 15.2 Å². The topological polar surface area (TPSA) is 45.2 Å². The second kappa shape index (κ2) is 7.36. The number of benzene rings is 1. The van der Waals surface area contributed by atoms with E-state index in [1.807, 2.05) is 12.3 Å². The van der Waals surface area contributed by atoms with E-state index in [1.54, 1.807) is 6.20 Å². The molecule has 1 aromatic carbocycles. The summed E-state index contributed by atoms with van der Waals surface area (Å²) in [4.78, 5) is 19.2. The van der Waals surface area contributed by atoms with Crippen LogP contribution < -0.4 is 5.32 Å². The quantitative estimate of drug-likeness (QED) is 0.933. The summed E-state index contributed by atoms with van der Waals surface area (Å²) in [7, 11) is 0. The predicted octanol–water partition coefficient (Wildman–Crippen LogP) is 3.24. The number of nitrogens with zero attached hydrogens (tertiary/aromatic N) is 2. The van der Waals surface area contributed by atoms with Crippen LogP contribution in [-0.2, 0) is 11.3 Å². The highest BCUT2D eigenvalue weighted by Gasteiger charge is 2.36. The minimum atomic E-state index is 0.165. The summed E-state index contributed by atoms with van der Waals surface area (Å²) in [6.45, 7) is 2.72. The van der Waals surface area contributed by atoms with Crippen LogP contribution in [0.5, 0.6) is 0 Å². The van der Waals surface area contributed by atoms with Gasteiger partial charge in [-0.25, -0.2) is 0 Å². The monoisotopic (exact) mass is 335 g/mol. The van der Waals surface area contributed by atoms with Gasteiger partial charge in [-0.2, -0.15) is 0 Å². The molecule has 1 amide bonds. The number of hydrogen-bond acceptors (Lipinski definition) is 3. The number of aromatic nitrogens is 1. The molecule has 2 atom stereocenters. The minimum absolute atomic E-state index is 0.165. The van der Waals surface area contributed by atoms with Crippen LogP contribution in [0, 0.1) is 5.92 Å². The van der Waals surface area contributed by atoms with Gasteiger partial charge in [-0.05, 0) is 48.6 Å². The minimum Gasteiger partial charge on any atom is -0.352 e. The molecule has 0 aliphatic carbocycles. The van der Waals surface area contributed by atoms with Gasteiger partial charge in [0.25, 0.3) is 0 Å². The summed E-state index contributed by atoms with van der Waals surface area (Å²) >= 11 is 0. The van der Waals surface area contributed by atoms with E-state index in [-0.39, 0.29) is 11.8 Å². The lowest BCUT2D eigenvalue weighted by molar-refractivity contribution is -0.124. The highest BCUT2D eigenvalue weighted by atomic mass is 16.1. The van der Waals surface area contributed by atoms with E-state index in [4.69, 9.17) is 0 Å². The fourth-order valence-electron chi connectivity index (χ4n) is 4.13. The van der Waals surface area contributed by atoms with Crippen molar-refractivity contribution in [3.63, 3.8) is 0 Å². The van der Waals surface area contributed by atoms with Crippen LogP contribution in [0.3, 0.4) is 0 Å². The molecule has 1 N–H and O–H groups in total. The molecular formula is C21H25N3O. The molecule has 0 bridgehead atoms. The average Bonchev–Trinajstić information content (AvgIpc) is 3.11. The van der Waals surface area contributed by atoms with Crippen LogP contribution in [0.15, 0.2) is 48.8 Å². The lowest BCUT2D eigenvalue weighted by atomic mass is 9.99. The second-order valence-electron chi connectivity index (χ2n) is 7.23. The van der Waals surface area contributed by atoms with Crippen LogP contribution in [-0.4, -0.2) is 34.9 Å². The maximum Gasteiger partial charge on any atom is 0.224 e. The van der Waals surface area contributed by atoms with E-state index in [0.717, 1.165) is 29.7 Å². The molecule has 0 saturated carbocycles. The largest absolute Gasteiger partial charge is 0.352 e. The Morgan fingerprint density at radius 1 is 1.16 bits per heavy atom. The Morgan fingerprint density at radius 2 is 2.04 bits per heavy atom. The van der Waals surface area contributed by atoms with Crippen molar-refractivity contribution >= 4 is 5.91 Å². The third-order valence-electron chi connectivity index (χ3n) is 5.55. The summed E-state index contributed by atoms with van der Waals surface area (Å²) in [5.74, 6) is 0.378. The Morgan fingerprint density at radius 3 is 2.80 bits per heavy atom. The fourth-order valence-corrected chi connectivity index (χ4v) is 4.13. The van der Waals surface area contributed by atoms with Gasteiger partial charge in [0, 0.05) is 31.5 Å². The lowest BCUT2D eigenvalue weighted by Crippen LogP contribution is -2.35. The Kier molecular flexibility index (Phi) is 4.79. The molecule has 2 fully saturated rings. The van der Waals surface area contributed by atoms with Crippen LogP contribution in [0.2, 0.25) is 0 Å². The Balaban J connectivity index is 1.31. The number of piperidine rings is 1. The molecule has 4 nitrogen and oxygen atoms in total. The predicted molar refractivity (Wildman–Crippen MR) is 98.8 cm³/mol. The molecule has 1 aromatic heterocycles. The molecule has 3 heterocycles. The van der Waals surface area contributed by atoms with E-state index in [2.05, 4.69) is 45.5 Å². The summed E-state index contributed by atoms with van der Waals surface area (Å²) in [5, 5.41) is 3.13. The van der Waals surface area contributed by atoms with Crippen molar-refractivity contribution in [2.45, 2.75) is 38.3 Å². The first-order valence-electron chi connectivity index (χ1n) is 9.31. The highest BCUT2D eigenvalue weighted by Crippen LogP contribution is 2.30. The zero-order valence-electron chi connectivity index (χ0n) is 14.5. The van der Waals surface area contributed by atoms with Gasteiger partial charge < -0.3 is 5.32 Å². The number of nitrogens with one attached hydrogen (secondary N) is 1. The number of fused-ring (bicyclic) bond motifs is 1. The average molecular weight is 335 g/mol. The number of pyridine rings is 1. The van der Waals surface area contributed by atoms with Gasteiger partial charge in [0.2, 0.25) is 5.91 Å². The molecule has 4 heteroatoms. The molecular weight excluding hydrogens is 310 g/mol. The van der Waals surface area contributed by atoms with Crippen LogP contribution >= 0.6 is 0 Å². The van der Waals surface area contributed by atoms with Gasteiger partial charge in [0.1, 0.15) is 0 Å². The van der Waals surface area contributed by atoms with E-state index in [0.29, 0.717) is 12.6 Å². The highest BCUT2D eigenvalue weighted by molar-refractivity contribution is 5.79. The molecule has 4 rings (SSSR count). The molecule has 25 heavy (non-hydrogen) atoms. The summed E-state index contributed by atoms with van der Waals surface area (Å²) < 4.78 is 0. The zero-order chi connectivity index (χ0) is 17.1. The number of rotatable bonds is 4. The molecule has 0 spiro atoms. The molecule has 2 aliphatic heterocycles. The first-order valence-corrected chi connectivity index (χ1v) is 9.31. The van der Waals surface area contributed by atoms with E-state index < -0.39 is 0 Å². The van der Waals surface area contributed by atoms with E-state index >= 15 is 0 Å². The first-order chi connectivity index (χ1) is 12.3. The Hall–Kier alpha value is -2.20. The van der Waals surface area contributed by atoms with Crippen molar-refractivity contribution < 1.29 is 4.79 Å². The number of carbonyl (C=O) groups excluding carboxylic acids is 1. The van der Waals surface area contributed by atoms with Crippen LogP contribution in [0.4, 0.5) is 0 Å². The molecule has 2 aromatic rings. The van der Waals surface area contributed by atoms with Gasteiger partial charge in [0.05, 0.1) is 5.92 Å². The van der Waals surface area contributed by atoms with Gasteiger partial charge >= 0.3 is 0 Å². The molecule has 0 radical (unpaired) electrons. The molecule has 2 saturated heterocycles. The van der Waals surface area contributed by atoms with Crippen molar-refractivity contribution in [3.05, 3.63) is 54.4 Å². The van der Waals surface area contributed by atoms with Crippen molar-refractivity contribution in [1.29, 1.82) is 0 Å². The maximum atomic E-state index is 12.5. The third-order valence-corrected chi connectivity index (χ3v) is 5.55. The maximum absolute atomic E-state index is 12.5. The zero-order valence-corrected chi connectivity index (χ0v) is 14.5. The first kappa shape index (κ1) is 16.3. The number of amides is 1. The molecule has 130 valence electrons. The van der Waals surface area contributed by atoms with Crippen molar-refractivity contribution in [2.24, 2.45) is 5.92 Å². The standard InChI is InChI=1S/C21H25N3O/c25-21(19-12-20-5-1-2-11-24(20)15-19)23-13-16-6-8-17(9-7-16)18-4-3-10-22-14-18/h3-4,6-10,14,19-20H,1-2,5,11-13,15H2,(H,23,25). The third kappa shape index (κ3) is 3.74. The smallest absolute Gasteiger partial charge is 0.224 e.